The number of hydrogen-bond acceptors (Lipinski definition) is 0. The van der Waals surface area contributed by atoms with Crippen LogP contribution in [0.5, 0.6) is 0 Å². The number of rotatable bonds is 13. The average Bonchev–Trinajstić information content (AvgIpc) is 3.65. The van der Waals surface area contributed by atoms with Gasteiger partial charge in [-0.2, -0.15) is 0 Å². The molecule has 0 fully saturated rings. The Morgan fingerprint density at radius 3 is 0.659 bits per heavy atom. The standard InChI is InChI=1S/C80H61B5/c1-58-28-27-29-59(2)80(58)85-78-52-48-70(83(64-38-19-7-20-39-64)65-40-21-8-22-41-65)56-76(78)74-54-68(81(60-30-11-3-12-31-60)61-32-13-4-14-33-61)46-50-72(74)73-51-47-69(82(62-34-15-5-16-35-62)63-36-17-6-18-37-63)55-75(73)77-57-71(49-53-79(77)85)84(66-42-23-9-24-43-66)67-44-25-10-26-45-67/h3-57H,1-2H3. The van der Waals surface area contributed by atoms with Crippen LogP contribution in [0.4, 0.5) is 0 Å². The monoisotopic (exact) mass is 1080 g/mol. The van der Waals surface area contributed by atoms with Gasteiger partial charge in [0.15, 0.2) is 0 Å². The second kappa shape index (κ2) is 23.8. The fraction of sp³-hybridized carbons (Fsp3) is 0.0250. The number of aryl methyl sites for hydroxylation is 2. The molecule has 0 aromatic heterocycles. The van der Waals surface area contributed by atoms with Crippen molar-refractivity contribution in [3.05, 3.63) is 345 Å². The molecule has 0 amide bonds. The topological polar surface area (TPSA) is 0 Å². The van der Waals surface area contributed by atoms with E-state index in [9.17, 15) is 0 Å². The van der Waals surface area contributed by atoms with Gasteiger partial charge in [-0.05, 0) is 47.2 Å². The summed E-state index contributed by atoms with van der Waals surface area (Å²) in [5.74, 6) is 0. The van der Waals surface area contributed by atoms with E-state index in [-0.39, 0.29) is 33.6 Å². The maximum atomic E-state index is 2.58. The molecule has 0 unspecified atom stereocenters. The Hall–Kier alpha value is -9.82. The highest BCUT2D eigenvalue weighted by molar-refractivity contribution is 7.00. The van der Waals surface area contributed by atoms with Crippen LogP contribution in [-0.4, -0.2) is 33.6 Å². The van der Waals surface area contributed by atoms with E-state index in [1.54, 1.807) is 0 Å². The molecular formula is C80H61B5. The molecule has 396 valence electrons. The van der Waals surface area contributed by atoms with Crippen LogP contribution in [-0.2, 0) is 0 Å². The van der Waals surface area contributed by atoms with Gasteiger partial charge < -0.3 is 0 Å². The Bertz CT molecular complexity index is 3990. The van der Waals surface area contributed by atoms with Gasteiger partial charge in [-0.25, -0.2) is 0 Å². The van der Waals surface area contributed by atoms with Gasteiger partial charge in [-0.15, -0.1) is 0 Å². The van der Waals surface area contributed by atoms with Crippen molar-refractivity contribution in [2.45, 2.75) is 13.8 Å². The van der Waals surface area contributed by atoms with E-state index < -0.39 is 0 Å². The molecule has 85 heavy (non-hydrogen) atoms. The van der Waals surface area contributed by atoms with Crippen LogP contribution in [0.25, 0.3) is 33.4 Å². The van der Waals surface area contributed by atoms with Crippen molar-refractivity contribution in [1.29, 1.82) is 0 Å². The first-order chi connectivity index (χ1) is 42.0. The Morgan fingerprint density at radius 2 is 0.412 bits per heavy atom. The third-order valence-electron chi connectivity index (χ3n) is 18.0. The van der Waals surface area contributed by atoms with Crippen LogP contribution in [0.2, 0.25) is 0 Å². The predicted octanol–water partition coefficient (Wildman–Crippen LogP) is 8.20. The summed E-state index contributed by atoms with van der Waals surface area (Å²) in [4.78, 5) is 0. The summed E-state index contributed by atoms with van der Waals surface area (Å²) in [6, 6.07) is 126. The molecule has 0 radical (unpaired) electrons. The van der Waals surface area contributed by atoms with Gasteiger partial charge in [0.1, 0.15) is 0 Å². The number of benzene rings is 13. The second-order valence-corrected chi connectivity index (χ2v) is 23.1. The summed E-state index contributed by atoms with van der Waals surface area (Å²) in [7, 11) is 0. The van der Waals surface area contributed by atoms with Gasteiger partial charge in [0, 0.05) is 0 Å². The van der Waals surface area contributed by atoms with Crippen LogP contribution in [0, 0.1) is 13.8 Å². The Kier molecular flexibility index (Phi) is 14.9. The Morgan fingerprint density at radius 1 is 0.188 bits per heavy atom. The highest BCUT2D eigenvalue weighted by Crippen LogP contribution is 2.39. The Balaban J connectivity index is 1.14. The maximum absolute atomic E-state index is 2.58. The molecule has 1 aliphatic heterocycles. The molecule has 0 spiro atoms. The smallest absolute Gasteiger partial charge is 0.0687 e. The highest BCUT2D eigenvalue weighted by atomic mass is 14.2. The van der Waals surface area contributed by atoms with Crippen LogP contribution in [0.1, 0.15) is 11.1 Å². The SMILES string of the molecule is Cc1cccc(C)c1B1c2ccc(B(c3ccccc3)c3ccccc3)cc2-c2cc(B(c3ccccc3)c3ccccc3)ccc2-c2ccc(B(c3ccccc3)c3ccccc3)cc2-c2cc(B(c3ccccc3)c3ccccc3)ccc21. The van der Waals surface area contributed by atoms with Crippen LogP contribution < -0.4 is 81.9 Å². The van der Waals surface area contributed by atoms with E-state index in [1.165, 1.54) is 126 Å². The van der Waals surface area contributed by atoms with Gasteiger partial charge in [0.2, 0.25) is 33.6 Å². The molecule has 14 rings (SSSR count). The van der Waals surface area contributed by atoms with Gasteiger partial charge in [-0.1, -0.05) is 427 Å². The van der Waals surface area contributed by atoms with Crippen molar-refractivity contribution in [3.8, 4) is 33.4 Å². The lowest BCUT2D eigenvalue weighted by Crippen LogP contribution is -2.57. The first kappa shape index (κ1) is 53.2. The molecule has 0 atom stereocenters. The maximum Gasteiger partial charge on any atom is 0.243 e. The lowest BCUT2D eigenvalue weighted by molar-refractivity contribution is 1.43. The lowest BCUT2D eigenvalue weighted by atomic mass is 9.32. The second-order valence-electron chi connectivity index (χ2n) is 23.1. The van der Waals surface area contributed by atoms with Crippen LogP contribution in [0.15, 0.2) is 334 Å². The number of hydrogen-bond donors (Lipinski definition) is 0. The summed E-state index contributed by atoms with van der Waals surface area (Å²) in [6.07, 6.45) is 0. The molecule has 0 saturated carbocycles. The molecule has 1 heterocycles. The summed E-state index contributed by atoms with van der Waals surface area (Å²) < 4.78 is 0. The van der Waals surface area contributed by atoms with E-state index in [0.717, 1.165) is 0 Å². The van der Waals surface area contributed by atoms with E-state index in [1.807, 2.05) is 0 Å². The first-order valence-corrected chi connectivity index (χ1v) is 30.1. The zero-order chi connectivity index (χ0) is 57.1. The highest BCUT2D eigenvalue weighted by Gasteiger charge is 2.36. The zero-order valence-electron chi connectivity index (χ0n) is 48.1. The van der Waals surface area contributed by atoms with Crippen molar-refractivity contribution in [2.24, 2.45) is 0 Å². The van der Waals surface area contributed by atoms with E-state index in [4.69, 9.17) is 0 Å². The molecule has 0 nitrogen and oxygen atoms in total. The fourth-order valence-corrected chi connectivity index (χ4v) is 14.1. The zero-order valence-corrected chi connectivity index (χ0v) is 48.1. The normalized spacial score (nSPS) is 11.4. The minimum absolute atomic E-state index is 0.0162. The number of fused-ring (bicyclic) bond motifs is 7. The largest absolute Gasteiger partial charge is 0.243 e. The quantitative estimate of drug-likeness (QED) is 0.102. The molecule has 13 aromatic rings. The van der Waals surface area contributed by atoms with E-state index >= 15 is 0 Å². The molecular weight excluding hydrogens is 1010 g/mol. The summed E-state index contributed by atoms with van der Waals surface area (Å²) in [5.41, 5.74) is 28.9. The molecule has 13 aromatic carbocycles. The minimum Gasteiger partial charge on any atom is -0.0687 e. The van der Waals surface area contributed by atoms with Gasteiger partial charge in [-0.3, -0.25) is 0 Å². The fourth-order valence-electron chi connectivity index (χ4n) is 14.1. The minimum atomic E-state index is -0.169. The molecule has 0 saturated heterocycles. The van der Waals surface area contributed by atoms with Crippen molar-refractivity contribution in [1.82, 2.24) is 0 Å². The first-order valence-electron chi connectivity index (χ1n) is 30.1. The van der Waals surface area contributed by atoms with Crippen LogP contribution in [0.3, 0.4) is 0 Å². The van der Waals surface area contributed by atoms with Crippen molar-refractivity contribution in [2.75, 3.05) is 0 Å². The van der Waals surface area contributed by atoms with Gasteiger partial charge in [0.25, 0.3) is 0 Å². The van der Waals surface area contributed by atoms with Crippen molar-refractivity contribution in [3.63, 3.8) is 0 Å². The lowest BCUT2D eigenvalue weighted by Gasteiger charge is -2.27. The van der Waals surface area contributed by atoms with E-state index in [0.29, 0.717) is 0 Å². The molecule has 0 bridgehead atoms. The Labute approximate surface area is 504 Å². The van der Waals surface area contributed by atoms with Gasteiger partial charge >= 0.3 is 0 Å². The van der Waals surface area contributed by atoms with E-state index in [2.05, 4.69) is 347 Å². The third-order valence-corrected chi connectivity index (χ3v) is 18.0. The molecule has 0 N–H and O–H groups in total. The summed E-state index contributed by atoms with van der Waals surface area (Å²) >= 11 is 0. The van der Waals surface area contributed by atoms with Crippen molar-refractivity contribution < 1.29 is 0 Å². The van der Waals surface area contributed by atoms with Crippen LogP contribution >= 0.6 is 0 Å². The average molecular weight is 1080 g/mol. The van der Waals surface area contributed by atoms with Crippen molar-refractivity contribution >= 4 is 116 Å². The van der Waals surface area contributed by atoms with Gasteiger partial charge in [0.05, 0.1) is 0 Å². The molecule has 5 heteroatoms. The predicted molar refractivity (Wildman–Crippen MR) is 373 cm³/mol. The third kappa shape index (κ3) is 10.5. The summed E-state index contributed by atoms with van der Waals surface area (Å²) in [5, 5.41) is 0. The molecule has 1 aliphatic rings. The summed E-state index contributed by atoms with van der Waals surface area (Å²) in [6.45, 7) is 4.41. The molecule has 0 aliphatic carbocycles.